The van der Waals surface area contributed by atoms with Gasteiger partial charge in [-0.05, 0) is 56.7 Å². The third kappa shape index (κ3) is 6.71. The molecule has 2 aliphatic rings. The van der Waals surface area contributed by atoms with Crippen LogP contribution in [0.1, 0.15) is 53.8 Å². The van der Waals surface area contributed by atoms with Crippen LogP contribution in [0.4, 0.5) is 0 Å². The van der Waals surface area contributed by atoms with Gasteiger partial charge in [0.1, 0.15) is 5.69 Å². The Hall–Kier alpha value is -3.27. The molecule has 212 valence electrons. The van der Waals surface area contributed by atoms with Gasteiger partial charge in [-0.2, -0.15) is 4.31 Å². The number of piperidine rings is 2. The Kier molecular flexibility index (Phi) is 8.83. The minimum Gasteiger partial charge on any atom is -0.355 e. The van der Waals surface area contributed by atoms with Gasteiger partial charge < -0.3 is 9.84 Å². The van der Waals surface area contributed by atoms with Gasteiger partial charge in [0.25, 0.3) is 0 Å². The third-order valence-corrected chi connectivity index (χ3v) is 10.0. The van der Waals surface area contributed by atoms with E-state index in [1.807, 2.05) is 43.3 Å². The summed E-state index contributed by atoms with van der Waals surface area (Å²) in [5.74, 6) is 0.0799. The lowest BCUT2D eigenvalue weighted by Gasteiger charge is -2.34. The summed E-state index contributed by atoms with van der Waals surface area (Å²) in [6.45, 7) is 7.09. The average Bonchev–Trinajstić information content (AvgIpc) is 3.35. The highest BCUT2D eigenvalue weighted by Gasteiger charge is 2.36. The van der Waals surface area contributed by atoms with Crippen molar-refractivity contribution in [3.63, 3.8) is 0 Å². The van der Waals surface area contributed by atoms with Gasteiger partial charge in [-0.25, -0.2) is 8.42 Å². The zero-order valence-corrected chi connectivity index (χ0v) is 24.1. The molecule has 2 saturated heterocycles. The van der Waals surface area contributed by atoms with E-state index in [0.29, 0.717) is 31.6 Å². The van der Waals surface area contributed by atoms with E-state index in [1.54, 1.807) is 13.0 Å². The summed E-state index contributed by atoms with van der Waals surface area (Å²) in [5.41, 5.74) is 3.73. The summed E-state index contributed by atoms with van der Waals surface area (Å²) in [5, 5.41) is 7.18. The normalized spacial score (nSPS) is 18.4. The molecule has 1 aromatic heterocycles. The number of carbonyl (C=O) groups is 1. The Morgan fingerprint density at radius 1 is 0.950 bits per heavy atom. The second-order valence-electron chi connectivity index (χ2n) is 10.9. The molecule has 9 heteroatoms. The smallest absolute Gasteiger partial charge is 0.248 e. The SMILES string of the molecule is Cc1ccc(/C=C/c2onc(C)c2S(=O)(=O)N2CCC(C(=O)NC3CCN(Cc4ccccc4)CC3)CC2)cc1. The molecule has 3 heterocycles. The zero-order valence-electron chi connectivity index (χ0n) is 23.3. The summed E-state index contributed by atoms with van der Waals surface area (Å²) >= 11 is 0. The van der Waals surface area contributed by atoms with E-state index in [1.165, 1.54) is 9.87 Å². The molecule has 0 bridgehead atoms. The van der Waals surface area contributed by atoms with Crippen LogP contribution in [-0.2, 0) is 21.4 Å². The van der Waals surface area contributed by atoms with Crippen molar-refractivity contribution in [2.45, 2.75) is 57.0 Å². The molecule has 40 heavy (non-hydrogen) atoms. The van der Waals surface area contributed by atoms with E-state index in [-0.39, 0.29) is 28.5 Å². The van der Waals surface area contributed by atoms with E-state index in [0.717, 1.165) is 43.6 Å². The van der Waals surface area contributed by atoms with Gasteiger partial charge in [0.15, 0.2) is 10.7 Å². The summed E-state index contributed by atoms with van der Waals surface area (Å²) < 4.78 is 34.0. The number of nitrogens with zero attached hydrogens (tertiary/aromatic N) is 3. The van der Waals surface area contributed by atoms with Gasteiger partial charge in [-0.3, -0.25) is 9.69 Å². The van der Waals surface area contributed by atoms with Crippen LogP contribution < -0.4 is 5.32 Å². The van der Waals surface area contributed by atoms with Crippen LogP contribution in [0.25, 0.3) is 12.2 Å². The fourth-order valence-corrected chi connectivity index (χ4v) is 7.25. The number of aromatic nitrogens is 1. The molecule has 0 atom stereocenters. The van der Waals surface area contributed by atoms with Crippen molar-refractivity contribution in [1.82, 2.24) is 19.7 Å². The van der Waals surface area contributed by atoms with E-state index in [9.17, 15) is 13.2 Å². The molecule has 2 aliphatic heterocycles. The monoisotopic (exact) mass is 562 g/mol. The summed E-state index contributed by atoms with van der Waals surface area (Å²) in [4.78, 5) is 15.6. The van der Waals surface area contributed by atoms with Gasteiger partial charge in [-0.1, -0.05) is 71.4 Å². The van der Waals surface area contributed by atoms with Crippen LogP contribution in [0.3, 0.4) is 0 Å². The third-order valence-electron chi connectivity index (χ3n) is 7.94. The lowest BCUT2D eigenvalue weighted by atomic mass is 9.95. The minimum atomic E-state index is -3.81. The predicted octanol–water partition coefficient (Wildman–Crippen LogP) is 4.64. The largest absolute Gasteiger partial charge is 0.355 e. The standard InChI is InChI=1S/C31H38N4O4S/c1-23-8-10-25(11-9-23)12-13-29-30(24(2)33-39-29)40(37,38)35-20-14-27(15-21-35)31(36)32-28-16-18-34(19-17-28)22-26-6-4-3-5-7-26/h3-13,27-28H,14-22H2,1-2H3,(H,32,36)/b13-12+. The average molecular weight is 563 g/mol. The molecule has 1 N–H and O–H groups in total. The maximum Gasteiger partial charge on any atom is 0.248 e. The summed E-state index contributed by atoms with van der Waals surface area (Å²) in [6, 6.07) is 18.6. The van der Waals surface area contributed by atoms with Crippen molar-refractivity contribution in [3.8, 4) is 0 Å². The molecule has 0 saturated carbocycles. The van der Waals surface area contributed by atoms with Crippen LogP contribution in [0.5, 0.6) is 0 Å². The van der Waals surface area contributed by atoms with Crippen LogP contribution in [0.15, 0.2) is 64.0 Å². The van der Waals surface area contributed by atoms with Crippen molar-refractivity contribution in [2.24, 2.45) is 5.92 Å². The molecule has 8 nitrogen and oxygen atoms in total. The van der Waals surface area contributed by atoms with E-state index in [4.69, 9.17) is 4.52 Å². The highest BCUT2D eigenvalue weighted by Crippen LogP contribution is 2.29. The first-order chi connectivity index (χ1) is 19.3. The number of likely N-dealkylation sites (tertiary alicyclic amines) is 1. The highest BCUT2D eigenvalue weighted by molar-refractivity contribution is 7.89. The van der Waals surface area contributed by atoms with E-state index < -0.39 is 10.0 Å². The van der Waals surface area contributed by atoms with Crippen LogP contribution in [-0.4, -0.2) is 60.9 Å². The number of aryl methyl sites for hydroxylation is 2. The van der Waals surface area contributed by atoms with Crippen molar-refractivity contribution in [2.75, 3.05) is 26.2 Å². The second kappa shape index (κ2) is 12.5. The summed E-state index contributed by atoms with van der Waals surface area (Å²) in [6.07, 6.45) is 6.33. The molecule has 0 spiro atoms. The van der Waals surface area contributed by atoms with Crippen LogP contribution >= 0.6 is 0 Å². The molecule has 0 radical (unpaired) electrons. The Morgan fingerprint density at radius 3 is 2.30 bits per heavy atom. The predicted molar refractivity (Wildman–Crippen MR) is 156 cm³/mol. The van der Waals surface area contributed by atoms with E-state index >= 15 is 0 Å². The number of amides is 1. The Balaban J connectivity index is 1.13. The number of hydrogen-bond donors (Lipinski definition) is 1. The Bertz CT molecular complexity index is 1420. The highest BCUT2D eigenvalue weighted by atomic mass is 32.2. The Morgan fingerprint density at radius 2 is 1.62 bits per heavy atom. The molecular weight excluding hydrogens is 524 g/mol. The molecule has 5 rings (SSSR count). The first-order valence-corrected chi connectivity index (χ1v) is 15.5. The lowest BCUT2D eigenvalue weighted by Crippen LogP contribution is -2.48. The number of carbonyl (C=O) groups excluding carboxylic acids is 1. The van der Waals surface area contributed by atoms with Gasteiger partial charge in [0.2, 0.25) is 15.9 Å². The quantitative estimate of drug-likeness (QED) is 0.430. The van der Waals surface area contributed by atoms with Gasteiger partial charge in [0.05, 0.1) is 0 Å². The van der Waals surface area contributed by atoms with Gasteiger partial charge in [0, 0.05) is 44.7 Å². The van der Waals surface area contributed by atoms with Crippen LogP contribution in [0.2, 0.25) is 0 Å². The first-order valence-electron chi connectivity index (χ1n) is 14.1. The topological polar surface area (TPSA) is 95.8 Å². The maximum absolute atomic E-state index is 13.6. The molecule has 2 aromatic carbocycles. The fourth-order valence-electron chi connectivity index (χ4n) is 5.53. The number of hydrogen-bond acceptors (Lipinski definition) is 6. The molecule has 2 fully saturated rings. The second-order valence-corrected chi connectivity index (χ2v) is 12.8. The van der Waals surface area contributed by atoms with Crippen molar-refractivity contribution in [3.05, 3.63) is 82.7 Å². The fraction of sp³-hybridized carbons (Fsp3) is 0.419. The number of rotatable bonds is 8. The Labute approximate surface area is 237 Å². The molecule has 0 unspecified atom stereocenters. The molecule has 3 aromatic rings. The van der Waals surface area contributed by atoms with Crippen molar-refractivity contribution >= 4 is 28.1 Å². The first kappa shape index (κ1) is 28.3. The zero-order chi connectivity index (χ0) is 28.1. The molecule has 1 amide bonds. The molecular formula is C31H38N4O4S. The van der Waals surface area contributed by atoms with Crippen LogP contribution in [0, 0.1) is 19.8 Å². The minimum absolute atomic E-state index is 0.0430. The van der Waals surface area contributed by atoms with Gasteiger partial charge in [-0.15, -0.1) is 0 Å². The lowest BCUT2D eigenvalue weighted by molar-refractivity contribution is -0.127. The van der Waals surface area contributed by atoms with E-state index in [2.05, 4.69) is 39.6 Å². The summed E-state index contributed by atoms with van der Waals surface area (Å²) in [7, 11) is -3.81. The number of nitrogens with one attached hydrogen (secondary N) is 1. The maximum atomic E-state index is 13.6. The molecule has 0 aliphatic carbocycles. The van der Waals surface area contributed by atoms with Crippen molar-refractivity contribution in [1.29, 1.82) is 0 Å². The number of benzene rings is 2. The van der Waals surface area contributed by atoms with Gasteiger partial charge >= 0.3 is 0 Å². The van der Waals surface area contributed by atoms with Crippen molar-refractivity contribution < 1.29 is 17.7 Å². The number of sulfonamides is 1.